The molecule has 2 heterocycles. The Kier molecular flexibility index (Phi) is 4.24. The molecular formula is C17H23N5. The van der Waals surface area contributed by atoms with Crippen LogP contribution in [0.5, 0.6) is 0 Å². The molecule has 0 bridgehead atoms. The van der Waals surface area contributed by atoms with Crippen LogP contribution in [0.15, 0.2) is 36.4 Å². The Labute approximate surface area is 132 Å². The quantitative estimate of drug-likeness (QED) is 0.869. The molecule has 1 fully saturated rings. The van der Waals surface area contributed by atoms with Crippen LogP contribution in [0.2, 0.25) is 0 Å². The second kappa shape index (κ2) is 6.32. The minimum Gasteiger partial charge on any atom is -0.354 e. The van der Waals surface area contributed by atoms with Crippen molar-refractivity contribution >= 4 is 17.3 Å². The third-order valence-electron chi connectivity index (χ3n) is 4.13. The van der Waals surface area contributed by atoms with Crippen LogP contribution in [-0.2, 0) is 0 Å². The Morgan fingerprint density at radius 2 is 1.68 bits per heavy atom. The van der Waals surface area contributed by atoms with Crippen LogP contribution in [0.1, 0.15) is 5.82 Å². The maximum Gasteiger partial charge on any atom is 0.138 e. The van der Waals surface area contributed by atoms with Crippen molar-refractivity contribution in [3.8, 4) is 0 Å². The first-order valence-electron chi connectivity index (χ1n) is 7.71. The van der Waals surface area contributed by atoms with Gasteiger partial charge in [-0.1, -0.05) is 18.2 Å². The van der Waals surface area contributed by atoms with Crippen LogP contribution in [-0.4, -0.2) is 55.1 Å². The number of nitrogens with zero attached hydrogens (tertiary/aromatic N) is 5. The van der Waals surface area contributed by atoms with Gasteiger partial charge in [0, 0.05) is 45.0 Å². The van der Waals surface area contributed by atoms with Crippen molar-refractivity contribution in [2.24, 2.45) is 0 Å². The van der Waals surface area contributed by atoms with Crippen LogP contribution < -0.4 is 9.80 Å². The highest BCUT2D eigenvalue weighted by molar-refractivity contribution is 5.62. The molecule has 0 saturated carbocycles. The van der Waals surface area contributed by atoms with Gasteiger partial charge < -0.3 is 14.7 Å². The molecule has 1 aromatic carbocycles. The third-order valence-corrected chi connectivity index (χ3v) is 4.13. The summed E-state index contributed by atoms with van der Waals surface area (Å²) >= 11 is 0. The zero-order valence-corrected chi connectivity index (χ0v) is 13.5. The summed E-state index contributed by atoms with van der Waals surface area (Å²) in [6.07, 6.45) is 0. The molecule has 3 rings (SSSR count). The predicted octanol–water partition coefficient (Wildman–Crippen LogP) is 2.30. The smallest absolute Gasteiger partial charge is 0.138 e. The van der Waals surface area contributed by atoms with Gasteiger partial charge in [0.15, 0.2) is 0 Å². The van der Waals surface area contributed by atoms with Crippen LogP contribution in [0, 0.1) is 6.92 Å². The molecule has 5 nitrogen and oxygen atoms in total. The van der Waals surface area contributed by atoms with Crippen molar-refractivity contribution in [1.82, 2.24) is 14.9 Å². The van der Waals surface area contributed by atoms with Crippen LogP contribution in [0.3, 0.4) is 0 Å². The Morgan fingerprint density at radius 1 is 1.00 bits per heavy atom. The number of piperazine rings is 1. The third kappa shape index (κ3) is 3.20. The second-order valence-corrected chi connectivity index (χ2v) is 5.82. The maximum absolute atomic E-state index is 4.63. The molecule has 116 valence electrons. The molecule has 0 spiro atoms. The van der Waals surface area contributed by atoms with Gasteiger partial charge in [0.2, 0.25) is 0 Å². The maximum atomic E-state index is 4.63. The highest BCUT2D eigenvalue weighted by Crippen LogP contribution is 2.25. The molecule has 0 radical (unpaired) electrons. The standard InChI is InChI=1S/C17H23N5/c1-14-18-16(21(3)15-7-5-4-6-8-15)13-17(19-14)22-11-9-20(2)10-12-22/h4-8,13H,9-12H2,1-3H3. The zero-order chi connectivity index (χ0) is 15.5. The first-order valence-corrected chi connectivity index (χ1v) is 7.71. The van der Waals surface area contributed by atoms with Crippen molar-refractivity contribution in [1.29, 1.82) is 0 Å². The van der Waals surface area contributed by atoms with Gasteiger partial charge in [-0.15, -0.1) is 0 Å². The van der Waals surface area contributed by atoms with E-state index in [0.717, 1.165) is 49.3 Å². The van der Waals surface area contributed by atoms with Crippen molar-refractivity contribution < 1.29 is 0 Å². The van der Waals surface area contributed by atoms with E-state index in [-0.39, 0.29) is 0 Å². The Balaban J connectivity index is 1.87. The van der Waals surface area contributed by atoms with Crippen LogP contribution >= 0.6 is 0 Å². The van der Waals surface area contributed by atoms with E-state index in [1.54, 1.807) is 0 Å². The summed E-state index contributed by atoms with van der Waals surface area (Å²) in [5.41, 5.74) is 1.13. The molecule has 1 aromatic heterocycles. The summed E-state index contributed by atoms with van der Waals surface area (Å²) in [5, 5.41) is 0. The van der Waals surface area contributed by atoms with E-state index in [2.05, 4.69) is 49.9 Å². The number of hydrogen-bond donors (Lipinski definition) is 0. The number of aryl methyl sites for hydroxylation is 1. The Hall–Kier alpha value is -2.14. The highest BCUT2D eigenvalue weighted by atomic mass is 15.3. The van der Waals surface area contributed by atoms with E-state index >= 15 is 0 Å². The molecule has 0 amide bonds. The van der Waals surface area contributed by atoms with Gasteiger partial charge in [-0.05, 0) is 26.1 Å². The molecule has 1 aliphatic rings. The SMILES string of the molecule is Cc1nc(N2CCN(C)CC2)cc(N(C)c2ccccc2)n1. The topological polar surface area (TPSA) is 35.5 Å². The average Bonchev–Trinajstić information content (AvgIpc) is 2.55. The summed E-state index contributed by atoms with van der Waals surface area (Å²) in [4.78, 5) is 16.0. The number of para-hydroxylation sites is 1. The number of anilines is 3. The fraction of sp³-hybridized carbons (Fsp3) is 0.412. The van der Waals surface area contributed by atoms with Gasteiger partial charge in [0.25, 0.3) is 0 Å². The molecule has 2 aromatic rings. The molecule has 0 unspecified atom stereocenters. The molecule has 22 heavy (non-hydrogen) atoms. The molecule has 5 heteroatoms. The number of likely N-dealkylation sites (N-methyl/N-ethyl adjacent to an activating group) is 1. The number of aromatic nitrogens is 2. The van der Waals surface area contributed by atoms with Gasteiger partial charge in [-0.2, -0.15) is 0 Å². The summed E-state index contributed by atoms with van der Waals surface area (Å²) in [5.74, 6) is 2.78. The largest absolute Gasteiger partial charge is 0.354 e. The van der Waals surface area contributed by atoms with Gasteiger partial charge in [-0.25, -0.2) is 9.97 Å². The fourth-order valence-electron chi connectivity index (χ4n) is 2.69. The van der Waals surface area contributed by atoms with E-state index in [1.807, 2.05) is 32.2 Å². The monoisotopic (exact) mass is 297 g/mol. The van der Waals surface area contributed by atoms with E-state index in [4.69, 9.17) is 0 Å². The minimum absolute atomic E-state index is 0.814. The number of rotatable bonds is 3. The van der Waals surface area contributed by atoms with Crippen molar-refractivity contribution in [3.63, 3.8) is 0 Å². The van der Waals surface area contributed by atoms with Gasteiger partial charge in [0.1, 0.15) is 17.5 Å². The van der Waals surface area contributed by atoms with E-state index in [1.165, 1.54) is 0 Å². The van der Waals surface area contributed by atoms with E-state index in [0.29, 0.717) is 0 Å². The van der Waals surface area contributed by atoms with Gasteiger partial charge >= 0.3 is 0 Å². The molecule has 1 saturated heterocycles. The molecular weight excluding hydrogens is 274 g/mol. The highest BCUT2D eigenvalue weighted by Gasteiger charge is 2.17. The lowest BCUT2D eigenvalue weighted by atomic mass is 10.3. The summed E-state index contributed by atoms with van der Waals surface area (Å²) in [7, 11) is 4.21. The van der Waals surface area contributed by atoms with Crippen LogP contribution in [0.25, 0.3) is 0 Å². The van der Waals surface area contributed by atoms with E-state index in [9.17, 15) is 0 Å². The van der Waals surface area contributed by atoms with Gasteiger partial charge in [0.05, 0.1) is 0 Å². The average molecular weight is 297 g/mol. The molecule has 1 aliphatic heterocycles. The summed E-state index contributed by atoms with van der Waals surface area (Å²) in [6, 6.07) is 12.4. The summed E-state index contributed by atoms with van der Waals surface area (Å²) in [6.45, 7) is 6.14. The Morgan fingerprint density at radius 3 is 2.36 bits per heavy atom. The predicted molar refractivity (Wildman–Crippen MR) is 91.0 cm³/mol. The fourth-order valence-corrected chi connectivity index (χ4v) is 2.69. The van der Waals surface area contributed by atoms with Crippen molar-refractivity contribution in [2.45, 2.75) is 6.92 Å². The molecule has 0 aliphatic carbocycles. The lowest BCUT2D eigenvalue weighted by Crippen LogP contribution is -2.45. The Bertz CT molecular complexity index is 620. The summed E-state index contributed by atoms with van der Waals surface area (Å²) < 4.78 is 0. The van der Waals surface area contributed by atoms with Crippen LogP contribution in [0.4, 0.5) is 17.3 Å². The molecule has 0 N–H and O–H groups in total. The van der Waals surface area contributed by atoms with E-state index < -0.39 is 0 Å². The number of hydrogen-bond acceptors (Lipinski definition) is 5. The van der Waals surface area contributed by atoms with Gasteiger partial charge in [-0.3, -0.25) is 0 Å². The second-order valence-electron chi connectivity index (χ2n) is 5.82. The van der Waals surface area contributed by atoms with Crippen molar-refractivity contribution in [3.05, 3.63) is 42.2 Å². The zero-order valence-electron chi connectivity index (χ0n) is 13.5. The number of benzene rings is 1. The first kappa shape index (κ1) is 14.8. The van der Waals surface area contributed by atoms with Crippen molar-refractivity contribution in [2.75, 3.05) is 50.1 Å². The lowest BCUT2D eigenvalue weighted by molar-refractivity contribution is 0.312. The normalized spacial score (nSPS) is 15.9. The minimum atomic E-state index is 0.814. The lowest BCUT2D eigenvalue weighted by Gasteiger charge is -2.33. The first-order chi connectivity index (χ1) is 10.6. The molecule has 0 atom stereocenters.